The summed E-state index contributed by atoms with van der Waals surface area (Å²) in [7, 11) is 0. The average Bonchev–Trinajstić information content (AvgIpc) is 3.31. The molecule has 5 aromatic rings. The number of furan rings is 1. The second-order valence-electron chi connectivity index (χ2n) is 7.89. The first kappa shape index (κ1) is 25.7. The van der Waals surface area contributed by atoms with E-state index in [1.165, 1.54) is 4.68 Å². The van der Waals surface area contributed by atoms with Crippen LogP contribution in [0.3, 0.4) is 0 Å². The highest BCUT2D eigenvalue weighted by Crippen LogP contribution is 2.42. The molecule has 188 valence electrons. The van der Waals surface area contributed by atoms with Crippen LogP contribution in [0.1, 0.15) is 19.4 Å². The van der Waals surface area contributed by atoms with Gasteiger partial charge in [0.2, 0.25) is 5.82 Å². The molecule has 0 unspecified atom stereocenters. The number of ether oxygens (including phenoxy) is 2. The lowest BCUT2D eigenvalue weighted by Gasteiger charge is -2.15. The largest absolute Gasteiger partial charge is 0.490 e. The highest BCUT2D eigenvalue weighted by molar-refractivity contribution is 9.13. The summed E-state index contributed by atoms with van der Waals surface area (Å²) in [6.45, 7) is 4.75. The lowest BCUT2D eigenvalue weighted by atomic mass is 10.2. The zero-order valence-corrected chi connectivity index (χ0v) is 24.6. The maximum Gasteiger partial charge on any atom is 0.282 e. The van der Waals surface area contributed by atoms with Crippen molar-refractivity contribution in [3.63, 3.8) is 0 Å². The highest BCUT2D eigenvalue weighted by atomic mass is 79.9. The van der Waals surface area contributed by atoms with Crippen molar-refractivity contribution in [1.29, 1.82) is 0 Å². The minimum Gasteiger partial charge on any atom is -0.490 e. The quantitative estimate of drug-likeness (QED) is 0.163. The van der Waals surface area contributed by atoms with Gasteiger partial charge in [-0.2, -0.15) is 9.78 Å². The Bertz CT molecular complexity index is 1730. The minimum absolute atomic E-state index is 0.290. The molecule has 0 fully saturated rings. The molecule has 0 saturated heterocycles. The molecule has 0 spiro atoms. The van der Waals surface area contributed by atoms with Crippen LogP contribution in [0, 0.1) is 0 Å². The molecule has 0 N–H and O–H groups in total. The Hall–Kier alpha value is -2.95. The van der Waals surface area contributed by atoms with Gasteiger partial charge in [0.25, 0.3) is 5.56 Å². The molecule has 0 atom stereocenters. The number of para-hydroxylation sites is 1. The normalized spacial score (nSPS) is 11.6. The summed E-state index contributed by atoms with van der Waals surface area (Å²) in [5, 5.41) is 5.89. The summed E-state index contributed by atoms with van der Waals surface area (Å²) in [6, 6.07) is 16.5. The van der Waals surface area contributed by atoms with Crippen molar-refractivity contribution in [3.8, 4) is 23.1 Å². The van der Waals surface area contributed by atoms with Crippen LogP contribution in [0.4, 0.5) is 0 Å². The van der Waals surface area contributed by atoms with Crippen LogP contribution < -0.4 is 15.0 Å². The van der Waals surface area contributed by atoms with Crippen LogP contribution in [-0.2, 0) is 0 Å². The third kappa shape index (κ3) is 4.97. The topological polar surface area (TPSA) is 78.9 Å². The summed E-state index contributed by atoms with van der Waals surface area (Å²) < 4.78 is 21.2. The molecule has 5 rings (SSSR count). The van der Waals surface area contributed by atoms with Gasteiger partial charge in [-0.25, -0.2) is 4.98 Å². The second kappa shape index (κ2) is 10.8. The van der Waals surface area contributed by atoms with E-state index in [-0.39, 0.29) is 5.56 Å². The fourth-order valence-corrected chi connectivity index (χ4v) is 5.19. The standard InChI is InChI=1S/C27H20Br3N3O4/c1-3-35-21-13-16(23(29)24(30)25(21)36-4-2)14-31-33-26(32-19-8-6-5-7-18(19)27(33)34)22-12-15-11-17(28)9-10-20(15)37-22/h5-14H,3-4H2,1-2H3. The smallest absolute Gasteiger partial charge is 0.282 e. The first-order valence-corrected chi connectivity index (χ1v) is 13.8. The zero-order chi connectivity index (χ0) is 26.1. The van der Waals surface area contributed by atoms with Gasteiger partial charge < -0.3 is 13.9 Å². The predicted octanol–water partition coefficient (Wildman–Crippen LogP) is 7.78. The molecule has 0 aliphatic rings. The van der Waals surface area contributed by atoms with Crippen molar-refractivity contribution in [2.75, 3.05) is 13.2 Å². The molecule has 2 aromatic heterocycles. The van der Waals surface area contributed by atoms with E-state index in [1.54, 1.807) is 24.4 Å². The molecule has 0 aliphatic carbocycles. The lowest BCUT2D eigenvalue weighted by Crippen LogP contribution is -2.20. The zero-order valence-electron chi connectivity index (χ0n) is 19.8. The van der Waals surface area contributed by atoms with E-state index in [0.29, 0.717) is 67.3 Å². The summed E-state index contributed by atoms with van der Waals surface area (Å²) in [5.41, 5.74) is 1.60. The summed E-state index contributed by atoms with van der Waals surface area (Å²) in [5.74, 6) is 1.87. The van der Waals surface area contributed by atoms with Crippen LogP contribution >= 0.6 is 47.8 Å². The van der Waals surface area contributed by atoms with Gasteiger partial charge in [0.1, 0.15) is 5.58 Å². The molecular formula is C27H20Br3N3O4. The number of nitrogens with zero attached hydrogens (tertiary/aromatic N) is 3. The first-order chi connectivity index (χ1) is 17.9. The van der Waals surface area contributed by atoms with Gasteiger partial charge in [0.15, 0.2) is 17.3 Å². The van der Waals surface area contributed by atoms with Crippen molar-refractivity contribution in [2.45, 2.75) is 13.8 Å². The summed E-state index contributed by atoms with van der Waals surface area (Å²) in [4.78, 5) is 18.3. The van der Waals surface area contributed by atoms with Gasteiger partial charge in [-0.05, 0) is 88.2 Å². The number of fused-ring (bicyclic) bond motifs is 2. The van der Waals surface area contributed by atoms with Gasteiger partial charge in [-0.1, -0.05) is 28.1 Å². The molecule has 0 saturated carbocycles. The number of rotatable bonds is 7. The van der Waals surface area contributed by atoms with Crippen LogP contribution in [0.25, 0.3) is 33.5 Å². The third-order valence-corrected chi connectivity index (χ3v) is 8.15. The van der Waals surface area contributed by atoms with Gasteiger partial charge in [-0.3, -0.25) is 4.79 Å². The highest BCUT2D eigenvalue weighted by Gasteiger charge is 2.19. The fourth-order valence-electron chi connectivity index (χ4n) is 3.87. The van der Waals surface area contributed by atoms with E-state index < -0.39 is 0 Å². The summed E-state index contributed by atoms with van der Waals surface area (Å²) >= 11 is 10.7. The molecule has 0 bridgehead atoms. The van der Waals surface area contributed by atoms with E-state index in [4.69, 9.17) is 18.9 Å². The van der Waals surface area contributed by atoms with Crippen molar-refractivity contribution in [3.05, 3.63) is 83.9 Å². The Balaban J connectivity index is 1.70. The molecule has 3 aromatic carbocycles. The number of hydrogen-bond acceptors (Lipinski definition) is 6. The Morgan fingerprint density at radius 1 is 1.00 bits per heavy atom. The number of aromatic nitrogens is 2. The number of halogens is 3. The van der Waals surface area contributed by atoms with Crippen molar-refractivity contribution in [1.82, 2.24) is 9.66 Å². The Morgan fingerprint density at radius 2 is 1.78 bits per heavy atom. The Morgan fingerprint density at radius 3 is 2.57 bits per heavy atom. The van der Waals surface area contributed by atoms with Crippen LogP contribution in [0.5, 0.6) is 11.5 Å². The summed E-state index contributed by atoms with van der Waals surface area (Å²) in [6.07, 6.45) is 1.58. The number of benzene rings is 3. The van der Waals surface area contributed by atoms with Gasteiger partial charge in [0, 0.05) is 19.9 Å². The third-order valence-electron chi connectivity index (χ3n) is 5.51. The first-order valence-electron chi connectivity index (χ1n) is 11.4. The number of hydrogen-bond donors (Lipinski definition) is 0. The van der Waals surface area contributed by atoms with Gasteiger partial charge in [0.05, 0.1) is 34.8 Å². The maximum atomic E-state index is 13.6. The van der Waals surface area contributed by atoms with Crippen LogP contribution in [0.2, 0.25) is 0 Å². The molecule has 0 amide bonds. The molecule has 0 radical (unpaired) electrons. The van der Waals surface area contributed by atoms with E-state index in [0.717, 1.165) is 9.86 Å². The molecule has 2 heterocycles. The maximum absolute atomic E-state index is 13.6. The van der Waals surface area contributed by atoms with Crippen molar-refractivity contribution in [2.24, 2.45) is 5.10 Å². The monoisotopic (exact) mass is 687 g/mol. The van der Waals surface area contributed by atoms with Gasteiger partial charge >= 0.3 is 0 Å². The predicted molar refractivity (Wildman–Crippen MR) is 156 cm³/mol. The van der Waals surface area contributed by atoms with E-state index in [2.05, 4.69) is 52.9 Å². The van der Waals surface area contributed by atoms with E-state index >= 15 is 0 Å². The Kier molecular flexibility index (Phi) is 7.50. The molecule has 0 aliphatic heterocycles. The van der Waals surface area contributed by atoms with E-state index in [9.17, 15) is 4.79 Å². The van der Waals surface area contributed by atoms with Crippen molar-refractivity contribution >= 4 is 75.9 Å². The van der Waals surface area contributed by atoms with E-state index in [1.807, 2.05) is 50.2 Å². The lowest BCUT2D eigenvalue weighted by molar-refractivity contribution is 0.286. The molecule has 37 heavy (non-hydrogen) atoms. The SMILES string of the molecule is CCOc1cc(C=Nn2c(-c3cc4cc(Br)ccc4o3)nc3ccccc3c2=O)c(Br)c(Br)c1OCC. The van der Waals surface area contributed by atoms with Crippen LogP contribution in [0.15, 0.2) is 82.3 Å². The average molecular weight is 690 g/mol. The Labute approximate surface area is 237 Å². The molecule has 7 nitrogen and oxygen atoms in total. The second-order valence-corrected chi connectivity index (χ2v) is 10.4. The minimum atomic E-state index is -0.315. The molecular weight excluding hydrogens is 670 g/mol. The van der Waals surface area contributed by atoms with Crippen LogP contribution in [-0.4, -0.2) is 29.1 Å². The van der Waals surface area contributed by atoms with Crippen molar-refractivity contribution < 1.29 is 13.9 Å². The molecule has 10 heteroatoms. The fraction of sp³-hybridized carbons (Fsp3) is 0.148. The van der Waals surface area contributed by atoms with Gasteiger partial charge in [-0.15, -0.1) is 0 Å².